The van der Waals surface area contributed by atoms with E-state index in [4.69, 9.17) is 4.74 Å². The average Bonchev–Trinajstić information content (AvgIpc) is 2.80. The maximum atomic E-state index is 12.1. The van der Waals surface area contributed by atoms with Gasteiger partial charge in [-0.3, -0.25) is 14.4 Å². The van der Waals surface area contributed by atoms with E-state index in [1.165, 1.54) is 0 Å². The van der Waals surface area contributed by atoms with Crippen molar-refractivity contribution in [2.24, 2.45) is 23.7 Å². The molecule has 0 bridgehead atoms. The molecule has 0 spiro atoms. The Morgan fingerprint density at radius 3 is 2.30 bits per heavy atom. The first kappa shape index (κ1) is 17.2. The Kier molecular flexibility index (Phi) is 5.19. The lowest BCUT2D eigenvalue weighted by atomic mass is 9.74. The van der Waals surface area contributed by atoms with Gasteiger partial charge in [0, 0.05) is 0 Å². The minimum atomic E-state index is -0.973. The summed E-state index contributed by atoms with van der Waals surface area (Å²) in [4.78, 5) is 35.3. The van der Waals surface area contributed by atoms with Gasteiger partial charge in [0.05, 0.1) is 17.8 Å². The molecule has 1 saturated heterocycles. The van der Waals surface area contributed by atoms with E-state index < -0.39 is 41.6 Å². The number of benzene rings is 1. The fraction of sp³-hybridized carbons (Fsp3) is 0.500. The first-order valence-electron chi connectivity index (χ1n) is 7.86. The van der Waals surface area contributed by atoms with Crippen LogP contribution in [-0.2, 0) is 19.1 Å². The van der Waals surface area contributed by atoms with Crippen LogP contribution in [0, 0.1) is 23.7 Å². The molecule has 23 heavy (non-hydrogen) atoms. The quantitative estimate of drug-likeness (QED) is 0.644. The highest BCUT2D eigenvalue weighted by Gasteiger charge is 2.49. The van der Waals surface area contributed by atoms with Gasteiger partial charge >= 0.3 is 17.9 Å². The van der Waals surface area contributed by atoms with E-state index in [0.717, 1.165) is 5.56 Å². The molecule has 124 valence electrons. The second kappa shape index (κ2) is 6.94. The number of ether oxygens (including phenoxy) is 1. The van der Waals surface area contributed by atoms with Crippen molar-refractivity contribution in [2.45, 2.75) is 33.1 Å². The number of esters is 2. The molecule has 0 aromatic heterocycles. The van der Waals surface area contributed by atoms with Crippen LogP contribution in [-0.4, -0.2) is 23.0 Å². The highest BCUT2D eigenvalue weighted by atomic mass is 16.6. The standard InChI is InChI=1S/C18H22O5/c1-10(13-7-5-4-6-8-13)9-14-15(18(22)23-17(14)21)11(2)12(3)16(19)20/h4-8,10-12,14-15H,9H2,1-3H3,(H,19,20). The van der Waals surface area contributed by atoms with E-state index in [0.29, 0.717) is 6.42 Å². The molecule has 0 radical (unpaired) electrons. The molecule has 2 rings (SSSR count). The number of rotatable bonds is 6. The topological polar surface area (TPSA) is 80.7 Å². The van der Waals surface area contributed by atoms with Crippen molar-refractivity contribution in [3.63, 3.8) is 0 Å². The molecule has 1 aromatic carbocycles. The van der Waals surface area contributed by atoms with Gasteiger partial charge < -0.3 is 9.84 Å². The van der Waals surface area contributed by atoms with E-state index in [1.54, 1.807) is 13.8 Å². The number of aliphatic carboxylic acids is 1. The molecule has 0 saturated carbocycles. The monoisotopic (exact) mass is 318 g/mol. The van der Waals surface area contributed by atoms with Crippen LogP contribution in [0.5, 0.6) is 0 Å². The zero-order valence-electron chi connectivity index (χ0n) is 13.6. The van der Waals surface area contributed by atoms with Crippen molar-refractivity contribution in [1.29, 1.82) is 0 Å². The molecule has 1 heterocycles. The maximum absolute atomic E-state index is 12.1. The maximum Gasteiger partial charge on any atom is 0.317 e. The molecule has 1 N–H and O–H groups in total. The third-order valence-electron chi connectivity index (χ3n) is 4.93. The summed E-state index contributed by atoms with van der Waals surface area (Å²) in [6.07, 6.45) is 0.468. The van der Waals surface area contributed by atoms with Gasteiger partial charge in [0.15, 0.2) is 0 Å². The highest BCUT2D eigenvalue weighted by molar-refractivity contribution is 5.96. The summed E-state index contributed by atoms with van der Waals surface area (Å²) in [7, 11) is 0. The van der Waals surface area contributed by atoms with Crippen LogP contribution in [0.15, 0.2) is 30.3 Å². The van der Waals surface area contributed by atoms with Gasteiger partial charge in [-0.2, -0.15) is 0 Å². The largest absolute Gasteiger partial charge is 0.481 e. The van der Waals surface area contributed by atoms with Crippen LogP contribution in [0.25, 0.3) is 0 Å². The van der Waals surface area contributed by atoms with E-state index in [1.807, 2.05) is 37.3 Å². The van der Waals surface area contributed by atoms with Crippen LogP contribution in [0.2, 0.25) is 0 Å². The Bertz CT molecular complexity index is 595. The Hall–Kier alpha value is -2.17. The van der Waals surface area contributed by atoms with Crippen molar-refractivity contribution in [2.75, 3.05) is 0 Å². The molecule has 0 amide bonds. The molecule has 5 atom stereocenters. The van der Waals surface area contributed by atoms with Gasteiger partial charge in [0.1, 0.15) is 0 Å². The van der Waals surface area contributed by atoms with Gasteiger partial charge in [-0.1, -0.05) is 51.1 Å². The SMILES string of the molecule is CC(CC1C(=O)OC(=O)C1C(C)C(C)C(=O)O)c1ccccc1. The number of hydrogen-bond donors (Lipinski definition) is 1. The Labute approximate surface area is 135 Å². The van der Waals surface area contributed by atoms with E-state index in [2.05, 4.69) is 0 Å². The van der Waals surface area contributed by atoms with Gasteiger partial charge in [-0.15, -0.1) is 0 Å². The summed E-state index contributed by atoms with van der Waals surface area (Å²) in [5, 5.41) is 9.17. The number of carboxylic acids is 1. The highest BCUT2D eigenvalue weighted by Crippen LogP contribution is 2.39. The lowest BCUT2D eigenvalue weighted by Crippen LogP contribution is -2.32. The summed E-state index contributed by atoms with van der Waals surface area (Å²) < 4.78 is 4.80. The predicted octanol–water partition coefficient (Wildman–Crippen LogP) is 2.85. The van der Waals surface area contributed by atoms with Crippen LogP contribution >= 0.6 is 0 Å². The van der Waals surface area contributed by atoms with Gasteiger partial charge in [-0.05, 0) is 23.8 Å². The number of carbonyl (C=O) groups excluding carboxylic acids is 2. The van der Waals surface area contributed by atoms with Crippen molar-refractivity contribution in [3.8, 4) is 0 Å². The average molecular weight is 318 g/mol. The van der Waals surface area contributed by atoms with Crippen LogP contribution in [0.1, 0.15) is 38.7 Å². The fourth-order valence-electron chi connectivity index (χ4n) is 3.21. The molecule has 1 aromatic rings. The van der Waals surface area contributed by atoms with Gasteiger partial charge in [-0.25, -0.2) is 0 Å². The minimum absolute atomic E-state index is 0.0782. The number of carboxylic acid groups (broad SMARTS) is 1. The predicted molar refractivity (Wildman–Crippen MR) is 83.5 cm³/mol. The Morgan fingerprint density at radius 1 is 1.13 bits per heavy atom. The second-order valence-corrected chi connectivity index (χ2v) is 6.41. The van der Waals surface area contributed by atoms with E-state index in [9.17, 15) is 19.5 Å². The molecular weight excluding hydrogens is 296 g/mol. The Balaban J connectivity index is 2.19. The fourth-order valence-corrected chi connectivity index (χ4v) is 3.21. The zero-order chi connectivity index (χ0) is 17.1. The normalized spacial score (nSPS) is 24.8. The zero-order valence-corrected chi connectivity index (χ0v) is 13.6. The van der Waals surface area contributed by atoms with Crippen LogP contribution in [0.3, 0.4) is 0 Å². The van der Waals surface area contributed by atoms with Crippen molar-refractivity contribution in [1.82, 2.24) is 0 Å². The lowest BCUT2D eigenvalue weighted by Gasteiger charge is -2.25. The Morgan fingerprint density at radius 2 is 1.74 bits per heavy atom. The number of carbonyl (C=O) groups is 3. The smallest absolute Gasteiger partial charge is 0.317 e. The van der Waals surface area contributed by atoms with Crippen molar-refractivity contribution >= 4 is 17.9 Å². The second-order valence-electron chi connectivity index (χ2n) is 6.41. The van der Waals surface area contributed by atoms with E-state index in [-0.39, 0.29) is 5.92 Å². The third kappa shape index (κ3) is 3.60. The summed E-state index contributed by atoms with van der Waals surface area (Å²) in [6, 6.07) is 9.73. The molecule has 5 heteroatoms. The van der Waals surface area contributed by atoms with Crippen LogP contribution in [0.4, 0.5) is 0 Å². The summed E-state index contributed by atoms with van der Waals surface area (Å²) in [6.45, 7) is 5.25. The molecule has 1 aliphatic heterocycles. The first-order valence-corrected chi connectivity index (χ1v) is 7.86. The summed E-state index contributed by atoms with van der Waals surface area (Å²) in [5.41, 5.74) is 1.08. The molecule has 1 aliphatic rings. The van der Waals surface area contributed by atoms with Gasteiger partial charge in [0.25, 0.3) is 0 Å². The molecular formula is C18H22O5. The van der Waals surface area contributed by atoms with Crippen LogP contribution < -0.4 is 0 Å². The number of cyclic esters (lactones) is 2. The molecule has 5 unspecified atom stereocenters. The third-order valence-corrected chi connectivity index (χ3v) is 4.93. The number of hydrogen-bond acceptors (Lipinski definition) is 4. The minimum Gasteiger partial charge on any atom is -0.481 e. The molecule has 0 aliphatic carbocycles. The summed E-state index contributed by atoms with van der Waals surface area (Å²) >= 11 is 0. The first-order chi connectivity index (χ1) is 10.8. The molecule has 1 fully saturated rings. The van der Waals surface area contributed by atoms with Crippen molar-refractivity contribution < 1.29 is 24.2 Å². The molecule has 5 nitrogen and oxygen atoms in total. The van der Waals surface area contributed by atoms with E-state index >= 15 is 0 Å². The lowest BCUT2D eigenvalue weighted by molar-refractivity contribution is -0.154. The van der Waals surface area contributed by atoms with Crippen molar-refractivity contribution in [3.05, 3.63) is 35.9 Å². The summed E-state index contributed by atoms with van der Waals surface area (Å²) in [5.74, 6) is -4.48. The van der Waals surface area contributed by atoms with Gasteiger partial charge in [0.2, 0.25) is 0 Å².